The first-order chi connectivity index (χ1) is 9.79. The predicted molar refractivity (Wildman–Crippen MR) is 81.3 cm³/mol. The van der Waals surface area contributed by atoms with Crippen LogP contribution >= 0.6 is 11.3 Å². The van der Waals surface area contributed by atoms with Gasteiger partial charge in [-0.3, -0.25) is 0 Å². The molecule has 8 heteroatoms. The van der Waals surface area contributed by atoms with Crippen molar-refractivity contribution in [3.8, 4) is 0 Å². The van der Waals surface area contributed by atoms with Crippen molar-refractivity contribution < 1.29 is 12.8 Å². The van der Waals surface area contributed by atoms with Crippen LogP contribution in [0, 0.1) is 19.7 Å². The second-order valence-electron chi connectivity index (χ2n) is 4.68. The molecule has 0 spiro atoms. The summed E-state index contributed by atoms with van der Waals surface area (Å²) < 4.78 is 40.6. The standard InChI is InChI=1S/C13H16FN3O2S2/c1-8-5-10(15)6-11(13(8)14)21(18,19)16-4-3-12-17-9(2)7-20-12/h5-7,16H,3-4,15H2,1-2H3. The summed E-state index contributed by atoms with van der Waals surface area (Å²) in [7, 11) is -3.93. The van der Waals surface area contributed by atoms with Crippen molar-refractivity contribution in [2.24, 2.45) is 0 Å². The highest BCUT2D eigenvalue weighted by molar-refractivity contribution is 7.89. The van der Waals surface area contributed by atoms with Crippen molar-refractivity contribution in [3.63, 3.8) is 0 Å². The van der Waals surface area contributed by atoms with Crippen molar-refractivity contribution in [1.29, 1.82) is 0 Å². The summed E-state index contributed by atoms with van der Waals surface area (Å²) in [5.41, 5.74) is 6.89. The van der Waals surface area contributed by atoms with Gasteiger partial charge in [-0.1, -0.05) is 0 Å². The average Bonchev–Trinajstić information content (AvgIpc) is 2.79. The van der Waals surface area contributed by atoms with E-state index in [1.54, 1.807) is 0 Å². The third-order valence-electron chi connectivity index (χ3n) is 2.83. The molecular formula is C13H16FN3O2S2. The molecule has 0 radical (unpaired) electrons. The zero-order valence-corrected chi connectivity index (χ0v) is 13.3. The largest absolute Gasteiger partial charge is 0.399 e. The molecule has 0 unspecified atom stereocenters. The van der Waals surface area contributed by atoms with E-state index in [-0.39, 0.29) is 17.8 Å². The topological polar surface area (TPSA) is 85.1 Å². The zero-order chi connectivity index (χ0) is 15.6. The third-order valence-corrected chi connectivity index (χ3v) is 5.32. The van der Waals surface area contributed by atoms with Gasteiger partial charge in [-0.05, 0) is 31.5 Å². The molecule has 0 amide bonds. The molecule has 0 saturated heterocycles. The monoisotopic (exact) mass is 329 g/mol. The van der Waals surface area contributed by atoms with E-state index in [9.17, 15) is 12.8 Å². The van der Waals surface area contributed by atoms with Gasteiger partial charge in [0.15, 0.2) is 0 Å². The van der Waals surface area contributed by atoms with Crippen LogP contribution in [0.15, 0.2) is 22.4 Å². The number of benzene rings is 1. The van der Waals surface area contributed by atoms with Gasteiger partial charge in [0.25, 0.3) is 0 Å². The Labute approximate surface area is 127 Å². The van der Waals surface area contributed by atoms with Gasteiger partial charge in [-0.2, -0.15) is 0 Å². The Morgan fingerprint density at radius 3 is 2.71 bits per heavy atom. The molecule has 0 aliphatic carbocycles. The van der Waals surface area contributed by atoms with Crippen molar-refractivity contribution in [1.82, 2.24) is 9.71 Å². The fourth-order valence-corrected chi connectivity index (χ4v) is 3.84. The average molecular weight is 329 g/mol. The number of anilines is 1. The number of aromatic nitrogens is 1. The lowest BCUT2D eigenvalue weighted by Gasteiger charge is -2.09. The van der Waals surface area contributed by atoms with Crippen LogP contribution in [0.3, 0.4) is 0 Å². The maximum Gasteiger partial charge on any atom is 0.243 e. The van der Waals surface area contributed by atoms with E-state index in [4.69, 9.17) is 5.73 Å². The highest BCUT2D eigenvalue weighted by atomic mass is 32.2. The van der Waals surface area contributed by atoms with E-state index in [2.05, 4.69) is 9.71 Å². The first-order valence-electron chi connectivity index (χ1n) is 6.26. The van der Waals surface area contributed by atoms with Crippen molar-refractivity contribution in [2.75, 3.05) is 12.3 Å². The van der Waals surface area contributed by atoms with Gasteiger partial charge in [0, 0.05) is 29.7 Å². The number of hydrogen-bond acceptors (Lipinski definition) is 5. The number of halogens is 1. The summed E-state index contributed by atoms with van der Waals surface area (Å²) in [6.45, 7) is 3.50. The molecule has 0 atom stereocenters. The summed E-state index contributed by atoms with van der Waals surface area (Å²) in [5.74, 6) is -0.776. The molecule has 0 fully saturated rings. The Morgan fingerprint density at radius 1 is 1.38 bits per heavy atom. The number of rotatable bonds is 5. The molecule has 1 aromatic heterocycles. The normalized spacial score (nSPS) is 11.8. The van der Waals surface area contributed by atoms with Crippen LogP contribution in [0.2, 0.25) is 0 Å². The van der Waals surface area contributed by atoms with Gasteiger partial charge in [0.2, 0.25) is 10.0 Å². The van der Waals surface area contributed by atoms with Gasteiger partial charge in [0.1, 0.15) is 10.7 Å². The summed E-state index contributed by atoms with van der Waals surface area (Å²) in [6.07, 6.45) is 0.459. The molecule has 114 valence electrons. The number of sulfonamides is 1. The minimum Gasteiger partial charge on any atom is -0.399 e. The maximum atomic E-state index is 13.9. The number of nitrogens with one attached hydrogen (secondary N) is 1. The van der Waals surface area contributed by atoms with Crippen LogP contribution in [-0.2, 0) is 16.4 Å². The maximum absolute atomic E-state index is 13.9. The third kappa shape index (κ3) is 3.78. The SMILES string of the molecule is Cc1csc(CCNS(=O)(=O)c2cc(N)cc(C)c2F)n1. The molecule has 0 bridgehead atoms. The molecule has 1 aromatic carbocycles. The summed E-state index contributed by atoms with van der Waals surface area (Å²) in [6, 6.07) is 2.52. The number of nitrogens with two attached hydrogens (primary N) is 1. The Hall–Kier alpha value is -1.51. The second-order valence-corrected chi connectivity index (χ2v) is 7.36. The Balaban J connectivity index is 2.12. The summed E-state index contributed by atoms with van der Waals surface area (Å²) in [5, 5.41) is 2.73. The fourth-order valence-electron chi connectivity index (χ4n) is 1.85. The highest BCUT2D eigenvalue weighted by Gasteiger charge is 2.20. The number of nitrogens with zero attached hydrogens (tertiary/aromatic N) is 1. The van der Waals surface area contributed by atoms with E-state index >= 15 is 0 Å². The van der Waals surface area contributed by atoms with E-state index in [1.807, 2.05) is 12.3 Å². The quantitative estimate of drug-likeness (QED) is 0.822. The van der Waals surface area contributed by atoms with Gasteiger partial charge in [-0.25, -0.2) is 22.5 Å². The Morgan fingerprint density at radius 2 is 2.10 bits per heavy atom. The lowest BCUT2D eigenvalue weighted by atomic mass is 10.2. The van der Waals surface area contributed by atoms with Crippen LogP contribution in [0.1, 0.15) is 16.3 Å². The van der Waals surface area contributed by atoms with Crippen LogP contribution in [0.5, 0.6) is 0 Å². The molecule has 0 saturated carbocycles. The Kier molecular flexibility index (Phi) is 4.60. The minimum absolute atomic E-state index is 0.155. The van der Waals surface area contributed by atoms with Crippen molar-refractivity contribution in [2.45, 2.75) is 25.2 Å². The van der Waals surface area contributed by atoms with Crippen LogP contribution < -0.4 is 10.5 Å². The molecule has 2 aromatic rings. The Bertz CT molecular complexity index is 757. The molecule has 21 heavy (non-hydrogen) atoms. The van der Waals surface area contributed by atoms with Crippen molar-refractivity contribution in [3.05, 3.63) is 39.6 Å². The van der Waals surface area contributed by atoms with E-state index < -0.39 is 20.7 Å². The lowest BCUT2D eigenvalue weighted by Crippen LogP contribution is -2.27. The molecule has 1 heterocycles. The first kappa shape index (κ1) is 15.9. The zero-order valence-electron chi connectivity index (χ0n) is 11.7. The smallest absolute Gasteiger partial charge is 0.243 e. The summed E-state index contributed by atoms with van der Waals surface area (Å²) >= 11 is 1.46. The van der Waals surface area contributed by atoms with Crippen LogP contribution in [0.25, 0.3) is 0 Å². The molecule has 5 nitrogen and oxygen atoms in total. The highest BCUT2D eigenvalue weighted by Crippen LogP contribution is 2.21. The number of thiazole rings is 1. The fraction of sp³-hybridized carbons (Fsp3) is 0.308. The van der Waals surface area contributed by atoms with Gasteiger partial charge in [0.05, 0.1) is 5.01 Å². The number of hydrogen-bond donors (Lipinski definition) is 2. The molecular weight excluding hydrogens is 313 g/mol. The minimum atomic E-state index is -3.93. The summed E-state index contributed by atoms with van der Waals surface area (Å²) in [4.78, 5) is 3.82. The molecule has 0 aliphatic heterocycles. The molecule has 0 aliphatic rings. The first-order valence-corrected chi connectivity index (χ1v) is 8.62. The second kappa shape index (κ2) is 6.08. The van der Waals surface area contributed by atoms with Crippen LogP contribution in [-0.4, -0.2) is 19.9 Å². The van der Waals surface area contributed by atoms with E-state index in [0.29, 0.717) is 6.42 Å². The number of nitrogen functional groups attached to an aromatic ring is 1. The van der Waals surface area contributed by atoms with Gasteiger partial charge < -0.3 is 5.73 Å². The molecule has 3 N–H and O–H groups in total. The van der Waals surface area contributed by atoms with E-state index in [1.165, 1.54) is 24.3 Å². The molecule has 2 rings (SSSR count). The number of aryl methyl sites for hydroxylation is 2. The van der Waals surface area contributed by atoms with Crippen molar-refractivity contribution >= 4 is 27.0 Å². The van der Waals surface area contributed by atoms with Crippen LogP contribution in [0.4, 0.5) is 10.1 Å². The lowest BCUT2D eigenvalue weighted by molar-refractivity contribution is 0.553. The van der Waals surface area contributed by atoms with E-state index in [0.717, 1.165) is 16.8 Å². The van der Waals surface area contributed by atoms with Gasteiger partial charge >= 0.3 is 0 Å². The van der Waals surface area contributed by atoms with Gasteiger partial charge in [-0.15, -0.1) is 11.3 Å². The predicted octanol–water partition coefficient (Wildman–Crippen LogP) is 2.00.